The second-order valence-corrected chi connectivity index (χ2v) is 6.27. The van der Waals surface area contributed by atoms with Gasteiger partial charge in [-0.3, -0.25) is 10.2 Å². The first-order valence-electron chi connectivity index (χ1n) is 7.57. The zero-order valence-electron chi connectivity index (χ0n) is 13.1. The van der Waals surface area contributed by atoms with Gasteiger partial charge in [0.25, 0.3) is 5.91 Å². The van der Waals surface area contributed by atoms with E-state index in [9.17, 15) is 9.18 Å². The van der Waals surface area contributed by atoms with E-state index in [1.807, 2.05) is 19.1 Å². The highest BCUT2D eigenvalue weighted by Crippen LogP contribution is 2.27. The molecule has 1 heterocycles. The summed E-state index contributed by atoms with van der Waals surface area (Å²) in [7, 11) is 0. The Bertz CT molecular complexity index is 797. The first kappa shape index (κ1) is 16.5. The number of aryl methyl sites for hydroxylation is 1. The number of hydrogen-bond acceptors (Lipinski definition) is 4. The van der Waals surface area contributed by atoms with Gasteiger partial charge in [-0.05, 0) is 73.7 Å². The Labute approximate surface area is 143 Å². The van der Waals surface area contributed by atoms with Crippen LogP contribution in [-0.2, 0) is 0 Å². The topological polar surface area (TPSA) is 54.3 Å². The Balaban J connectivity index is 1.65. The van der Waals surface area contributed by atoms with Gasteiger partial charge in [0.05, 0.1) is 11.2 Å². The van der Waals surface area contributed by atoms with Gasteiger partial charge in [-0.1, -0.05) is 6.08 Å². The van der Waals surface area contributed by atoms with Crippen LogP contribution >= 0.6 is 11.9 Å². The molecular formula is C18H17FN2O2S. The van der Waals surface area contributed by atoms with Crippen LogP contribution < -0.4 is 10.3 Å². The number of halogens is 1. The average molecular weight is 344 g/mol. The van der Waals surface area contributed by atoms with Crippen LogP contribution in [-0.4, -0.2) is 5.91 Å². The highest BCUT2D eigenvalue weighted by molar-refractivity contribution is 8.01. The average Bonchev–Trinajstić information content (AvgIpc) is 3.10. The molecule has 6 heteroatoms. The minimum Gasteiger partial charge on any atom is -0.464 e. The van der Waals surface area contributed by atoms with Crippen molar-refractivity contribution in [2.24, 2.45) is 0 Å². The van der Waals surface area contributed by atoms with E-state index < -0.39 is 0 Å². The molecule has 0 aliphatic heterocycles. The number of amides is 1. The number of carbonyl (C=O) groups is 1. The van der Waals surface area contributed by atoms with Crippen LogP contribution in [0.2, 0.25) is 0 Å². The lowest BCUT2D eigenvalue weighted by atomic mass is 10.0. The molecule has 0 radical (unpaired) electrons. The quantitative estimate of drug-likeness (QED) is 0.611. The molecule has 1 aromatic heterocycles. The van der Waals surface area contributed by atoms with Gasteiger partial charge in [0.1, 0.15) is 11.6 Å². The van der Waals surface area contributed by atoms with Gasteiger partial charge in [0.15, 0.2) is 0 Å². The maximum absolute atomic E-state index is 13.6. The predicted octanol–water partition coefficient (Wildman–Crippen LogP) is 4.67. The van der Waals surface area contributed by atoms with E-state index in [-0.39, 0.29) is 11.7 Å². The molecule has 0 saturated carbocycles. The molecule has 3 rings (SSSR count). The fourth-order valence-electron chi connectivity index (χ4n) is 2.41. The summed E-state index contributed by atoms with van der Waals surface area (Å²) in [5.74, 6) is 0.151. The van der Waals surface area contributed by atoms with Gasteiger partial charge >= 0.3 is 0 Å². The van der Waals surface area contributed by atoms with Crippen LogP contribution in [0, 0.1) is 6.92 Å². The Hall–Kier alpha value is -2.31. The number of furan rings is 1. The third kappa shape index (κ3) is 3.96. The monoisotopic (exact) mass is 344 g/mol. The second-order valence-electron chi connectivity index (χ2n) is 5.42. The summed E-state index contributed by atoms with van der Waals surface area (Å²) in [6, 6.07) is 9.14. The second kappa shape index (κ2) is 7.51. The number of carbonyl (C=O) groups excluding carboxylic acids is 1. The van der Waals surface area contributed by atoms with Gasteiger partial charge in [0, 0.05) is 11.1 Å². The third-order valence-electron chi connectivity index (χ3n) is 3.53. The van der Waals surface area contributed by atoms with Crippen molar-refractivity contribution in [3.63, 3.8) is 0 Å². The summed E-state index contributed by atoms with van der Waals surface area (Å²) in [4.78, 5) is 15.5. The Morgan fingerprint density at radius 2 is 2.08 bits per heavy atom. The number of rotatable bonds is 5. The minimum atomic E-state index is -0.292. The van der Waals surface area contributed by atoms with Gasteiger partial charge in [-0.25, -0.2) is 4.39 Å². The van der Waals surface area contributed by atoms with E-state index in [2.05, 4.69) is 10.3 Å². The Kier molecular flexibility index (Phi) is 5.17. The van der Waals surface area contributed by atoms with Crippen LogP contribution in [0.25, 0.3) is 11.3 Å². The Morgan fingerprint density at radius 1 is 1.25 bits per heavy atom. The van der Waals surface area contributed by atoms with Crippen molar-refractivity contribution in [1.82, 2.24) is 10.3 Å². The largest absolute Gasteiger partial charge is 0.464 e. The van der Waals surface area contributed by atoms with Crippen LogP contribution in [0.15, 0.2) is 63.9 Å². The molecule has 1 aliphatic carbocycles. The molecule has 0 bridgehead atoms. The molecule has 2 N–H and O–H groups in total. The fourth-order valence-corrected chi connectivity index (χ4v) is 3.05. The normalized spacial score (nSPS) is 14.1. The number of benzene rings is 1. The zero-order chi connectivity index (χ0) is 16.9. The van der Waals surface area contributed by atoms with E-state index in [1.165, 1.54) is 0 Å². The van der Waals surface area contributed by atoms with E-state index in [1.54, 1.807) is 36.6 Å². The van der Waals surface area contributed by atoms with Crippen LogP contribution in [0.3, 0.4) is 0 Å². The van der Waals surface area contributed by atoms with Crippen molar-refractivity contribution in [2.75, 3.05) is 0 Å². The summed E-state index contributed by atoms with van der Waals surface area (Å²) >= 11 is 1.05. The van der Waals surface area contributed by atoms with E-state index in [0.717, 1.165) is 29.5 Å². The van der Waals surface area contributed by atoms with Crippen molar-refractivity contribution in [3.05, 3.63) is 70.6 Å². The van der Waals surface area contributed by atoms with Crippen LogP contribution in [0.5, 0.6) is 0 Å². The number of allylic oxidation sites excluding steroid dienone is 3. The fraction of sp³-hybridized carbons (Fsp3) is 0.167. The molecule has 2 aromatic rings. The van der Waals surface area contributed by atoms with Crippen molar-refractivity contribution in [2.45, 2.75) is 19.8 Å². The predicted molar refractivity (Wildman–Crippen MR) is 93.6 cm³/mol. The summed E-state index contributed by atoms with van der Waals surface area (Å²) in [5.41, 5.74) is 4.86. The highest BCUT2D eigenvalue weighted by atomic mass is 32.2. The molecule has 1 aliphatic rings. The summed E-state index contributed by atoms with van der Waals surface area (Å²) in [5, 5.41) is 0. The molecule has 124 valence electrons. The molecule has 0 unspecified atom stereocenters. The Morgan fingerprint density at radius 3 is 2.83 bits per heavy atom. The minimum absolute atomic E-state index is 0.260. The molecule has 24 heavy (non-hydrogen) atoms. The molecule has 0 saturated heterocycles. The smallest absolute Gasteiger partial charge is 0.266 e. The van der Waals surface area contributed by atoms with Crippen molar-refractivity contribution < 1.29 is 13.6 Å². The van der Waals surface area contributed by atoms with Crippen molar-refractivity contribution >= 4 is 17.9 Å². The van der Waals surface area contributed by atoms with Gasteiger partial charge in [-0.2, -0.15) is 4.83 Å². The zero-order valence-corrected chi connectivity index (χ0v) is 14.0. The van der Waals surface area contributed by atoms with Crippen LogP contribution in [0.4, 0.5) is 4.39 Å². The number of hydrazine groups is 1. The number of hydrogen-bond donors (Lipinski definition) is 2. The standard InChI is InChI=1S/C18H17FN2O2S/c1-12-9-13(16-6-4-8-23-16)11-14(10-12)18(22)20-21-24-17-7-3-2-5-15(17)19/h4-11,21H,2-3H2,1H3,(H,20,22). The van der Waals surface area contributed by atoms with Gasteiger partial charge in [0.2, 0.25) is 0 Å². The molecule has 0 fully saturated rings. The first-order valence-corrected chi connectivity index (χ1v) is 8.39. The molecular weight excluding hydrogens is 327 g/mol. The van der Waals surface area contributed by atoms with Gasteiger partial charge < -0.3 is 4.42 Å². The molecule has 0 atom stereocenters. The van der Waals surface area contributed by atoms with Crippen molar-refractivity contribution in [1.29, 1.82) is 0 Å². The lowest BCUT2D eigenvalue weighted by molar-refractivity contribution is 0.0947. The first-order chi connectivity index (χ1) is 11.6. The number of nitrogens with one attached hydrogen (secondary N) is 2. The SMILES string of the molecule is Cc1cc(C(=O)NNSC2=CCCC=C2F)cc(-c2ccco2)c1. The van der Waals surface area contributed by atoms with Crippen LogP contribution in [0.1, 0.15) is 28.8 Å². The lowest BCUT2D eigenvalue weighted by Crippen LogP contribution is -2.32. The molecule has 4 nitrogen and oxygen atoms in total. The van der Waals surface area contributed by atoms with E-state index in [4.69, 9.17) is 4.42 Å². The third-order valence-corrected chi connectivity index (χ3v) is 4.31. The summed E-state index contributed by atoms with van der Waals surface area (Å²) < 4.78 is 18.9. The van der Waals surface area contributed by atoms with E-state index in [0.29, 0.717) is 22.6 Å². The maximum atomic E-state index is 13.6. The lowest BCUT2D eigenvalue weighted by Gasteiger charge is -2.11. The molecule has 1 amide bonds. The summed E-state index contributed by atoms with van der Waals surface area (Å²) in [6.07, 6.45) is 6.45. The molecule has 1 aromatic carbocycles. The maximum Gasteiger partial charge on any atom is 0.266 e. The van der Waals surface area contributed by atoms with Crippen molar-refractivity contribution in [3.8, 4) is 11.3 Å². The summed E-state index contributed by atoms with van der Waals surface area (Å²) in [6.45, 7) is 1.92. The van der Waals surface area contributed by atoms with E-state index >= 15 is 0 Å². The molecule has 0 spiro atoms. The van der Waals surface area contributed by atoms with Gasteiger partial charge in [-0.15, -0.1) is 0 Å². The highest BCUT2D eigenvalue weighted by Gasteiger charge is 2.12.